The van der Waals surface area contributed by atoms with Gasteiger partial charge in [-0.25, -0.2) is 0 Å². The van der Waals surface area contributed by atoms with Crippen molar-refractivity contribution in [2.75, 3.05) is 5.32 Å². The van der Waals surface area contributed by atoms with Gasteiger partial charge in [-0.1, -0.05) is 11.6 Å². The summed E-state index contributed by atoms with van der Waals surface area (Å²) in [5.41, 5.74) is 0.176. The van der Waals surface area contributed by atoms with Crippen LogP contribution in [0.5, 0.6) is 0 Å². The van der Waals surface area contributed by atoms with E-state index >= 15 is 0 Å². The summed E-state index contributed by atoms with van der Waals surface area (Å²) in [6.07, 6.45) is 0. The molecule has 110 valence electrons. The van der Waals surface area contributed by atoms with Crippen LogP contribution in [-0.2, 0) is 0 Å². The molecule has 0 aliphatic carbocycles. The highest BCUT2D eigenvalue weighted by molar-refractivity contribution is 6.34. The van der Waals surface area contributed by atoms with Crippen LogP contribution in [0, 0.1) is 34.0 Å². The number of hydrogen-bond acceptors (Lipinski definition) is 5. The summed E-state index contributed by atoms with van der Waals surface area (Å²) >= 11 is 6.05. The molecular weight excluding hydrogens is 302 g/mol. The van der Waals surface area contributed by atoms with E-state index < -0.39 is 0 Å². The molecule has 22 heavy (non-hydrogen) atoms. The van der Waals surface area contributed by atoms with Crippen LogP contribution in [0.2, 0.25) is 5.02 Å². The molecule has 2 N–H and O–H groups in total. The summed E-state index contributed by atoms with van der Waals surface area (Å²) in [6.45, 7) is 3.66. The van der Waals surface area contributed by atoms with Crippen molar-refractivity contribution in [1.82, 2.24) is 5.32 Å². The Labute approximate surface area is 133 Å². The quantitative estimate of drug-likeness (QED) is 0.830. The third-order valence-electron chi connectivity index (χ3n) is 2.49. The first-order valence-corrected chi connectivity index (χ1v) is 6.62. The van der Waals surface area contributed by atoms with Crippen LogP contribution in [0.15, 0.2) is 29.5 Å². The molecule has 0 aliphatic rings. The predicted molar refractivity (Wildman–Crippen MR) is 81.5 cm³/mol. The summed E-state index contributed by atoms with van der Waals surface area (Å²) in [6, 6.07) is 9.44. The molecule has 0 saturated carbocycles. The maximum atomic E-state index is 11.9. The van der Waals surface area contributed by atoms with Crippen molar-refractivity contribution in [1.29, 1.82) is 15.8 Å². The van der Waals surface area contributed by atoms with Gasteiger partial charge in [0.1, 0.15) is 23.9 Å². The fraction of sp³-hybridized carbons (Fsp3) is 0.200. The number of nitrogens with one attached hydrogen (secondary N) is 2. The Kier molecular flexibility index (Phi) is 5.96. The molecule has 0 bridgehead atoms. The zero-order valence-electron chi connectivity index (χ0n) is 11.9. The Morgan fingerprint density at radius 1 is 1.18 bits per heavy atom. The van der Waals surface area contributed by atoms with Crippen LogP contribution in [-0.4, -0.2) is 11.9 Å². The number of nitrogens with zero attached hydrogens (tertiary/aromatic N) is 3. The average Bonchev–Trinajstić information content (AvgIpc) is 2.46. The zero-order chi connectivity index (χ0) is 16.7. The number of hydrogen-bond donors (Lipinski definition) is 2. The van der Waals surface area contributed by atoms with E-state index in [1.54, 1.807) is 18.2 Å². The van der Waals surface area contributed by atoms with Gasteiger partial charge in [0.15, 0.2) is 5.57 Å². The second-order valence-corrected chi connectivity index (χ2v) is 4.94. The number of nitriles is 3. The number of allylic oxidation sites excluding steroid dienone is 2. The highest BCUT2D eigenvalue weighted by Gasteiger charge is 2.13. The van der Waals surface area contributed by atoms with Crippen molar-refractivity contribution < 1.29 is 4.79 Å². The Morgan fingerprint density at radius 3 is 2.27 bits per heavy atom. The first-order chi connectivity index (χ1) is 10.4. The van der Waals surface area contributed by atoms with E-state index in [1.807, 2.05) is 13.8 Å². The van der Waals surface area contributed by atoms with Crippen LogP contribution in [0.25, 0.3) is 0 Å². The molecule has 1 amide bonds. The van der Waals surface area contributed by atoms with Crippen LogP contribution in [0.4, 0.5) is 5.69 Å². The number of benzene rings is 1. The molecule has 1 aromatic rings. The average molecular weight is 314 g/mol. The summed E-state index contributed by atoms with van der Waals surface area (Å²) in [4.78, 5) is 11.9. The number of anilines is 1. The lowest BCUT2D eigenvalue weighted by molar-refractivity contribution is 0.0943. The maximum absolute atomic E-state index is 11.9. The number of halogens is 1. The minimum absolute atomic E-state index is 0.0247. The van der Waals surface area contributed by atoms with Gasteiger partial charge >= 0.3 is 0 Å². The van der Waals surface area contributed by atoms with E-state index in [-0.39, 0.29) is 28.2 Å². The summed E-state index contributed by atoms with van der Waals surface area (Å²) in [5.74, 6) is -0.308. The standard InChI is InChI=1S/C15H12ClN5O/c1-9(2)20-15(22)12-4-3-11(5-13(12)16)21-14(8-19)10(6-17)7-18/h3-5,9,21H,1-2H3,(H,20,22). The molecule has 1 rings (SSSR count). The van der Waals surface area contributed by atoms with Gasteiger partial charge in [0, 0.05) is 11.7 Å². The molecule has 0 fully saturated rings. The van der Waals surface area contributed by atoms with Crippen molar-refractivity contribution in [2.24, 2.45) is 0 Å². The van der Waals surface area contributed by atoms with Crippen LogP contribution in [0.1, 0.15) is 24.2 Å². The number of carbonyl (C=O) groups excluding carboxylic acids is 1. The number of carbonyl (C=O) groups is 1. The molecule has 0 atom stereocenters. The second kappa shape index (κ2) is 7.69. The largest absolute Gasteiger partial charge is 0.350 e. The van der Waals surface area contributed by atoms with E-state index in [9.17, 15) is 4.79 Å². The van der Waals surface area contributed by atoms with Gasteiger partial charge in [-0.05, 0) is 32.0 Å². The van der Waals surface area contributed by atoms with Crippen LogP contribution in [0.3, 0.4) is 0 Å². The smallest absolute Gasteiger partial charge is 0.252 e. The molecule has 0 aromatic heterocycles. The lowest BCUT2D eigenvalue weighted by atomic mass is 10.1. The lowest BCUT2D eigenvalue weighted by Gasteiger charge is -2.11. The van der Waals surface area contributed by atoms with Gasteiger partial charge in [0.25, 0.3) is 5.91 Å². The van der Waals surface area contributed by atoms with Crippen LogP contribution < -0.4 is 10.6 Å². The third kappa shape index (κ3) is 4.24. The molecule has 6 nitrogen and oxygen atoms in total. The van der Waals surface area contributed by atoms with Gasteiger partial charge in [-0.15, -0.1) is 0 Å². The Hall–Kier alpha value is -3.01. The molecule has 0 radical (unpaired) electrons. The van der Waals surface area contributed by atoms with Crippen molar-refractivity contribution in [2.45, 2.75) is 19.9 Å². The molecule has 0 aliphatic heterocycles. The Morgan fingerprint density at radius 2 is 1.82 bits per heavy atom. The molecule has 7 heteroatoms. The number of amides is 1. The van der Waals surface area contributed by atoms with Crippen molar-refractivity contribution in [3.8, 4) is 18.2 Å². The Bertz CT molecular complexity index is 731. The topological polar surface area (TPSA) is 112 Å². The third-order valence-corrected chi connectivity index (χ3v) is 2.80. The fourth-order valence-electron chi connectivity index (χ4n) is 1.54. The fourth-order valence-corrected chi connectivity index (χ4v) is 1.81. The molecular formula is C15H12ClN5O. The summed E-state index contributed by atoms with van der Waals surface area (Å²) < 4.78 is 0. The van der Waals surface area contributed by atoms with Gasteiger partial charge in [0.2, 0.25) is 0 Å². The SMILES string of the molecule is CC(C)NC(=O)c1ccc(NC(C#N)=C(C#N)C#N)cc1Cl. The summed E-state index contributed by atoms with van der Waals surface area (Å²) in [7, 11) is 0. The van der Waals surface area contributed by atoms with Crippen molar-refractivity contribution >= 4 is 23.2 Å². The van der Waals surface area contributed by atoms with Crippen molar-refractivity contribution in [3.05, 3.63) is 40.1 Å². The van der Waals surface area contributed by atoms with E-state index in [4.69, 9.17) is 27.4 Å². The predicted octanol–water partition coefficient (Wildman–Crippen LogP) is 2.71. The van der Waals surface area contributed by atoms with E-state index in [1.165, 1.54) is 18.2 Å². The maximum Gasteiger partial charge on any atom is 0.252 e. The van der Waals surface area contributed by atoms with Crippen LogP contribution >= 0.6 is 11.6 Å². The van der Waals surface area contributed by atoms with E-state index in [0.717, 1.165) is 0 Å². The van der Waals surface area contributed by atoms with Gasteiger partial charge in [0.05, 0.1) is 10.6 Å². The molecule has 0 heterocycles. The molecule has 0 saturated heterocycles. The number of rotatable bonds is 4. The van der Waals surface area contributed by atoms with E-state index in [2.05, 4.69) is 10.6 Å². The zero-order valence-corrected chi connectivity index (χ0v) is 12.7. The molecule has 0 spiro atoms. The normalized spacial score (nSPS) is 9.14. The first-order valence-electron chi connectivity index (χ1n) is 6.25. The Balaban J connectivity index is 3.08. The first kappa shape index (κ1) is 17.0. The van der Waals surface area contributed by atoms with Gasteiger partial charge in [-0.3, -0.25) is 4.79 Å². The van der Waals surface area contributed by atoms with Crippen molar-refractivity contribution in [3.63, 3.8) is 0 Å². The monoisotopic (exact) mass is 313 g/mol. The van der Waals surface area contributed by atoms with Gasteiger partial charge < -0.3 is 10.6 Å². The highest BCUT2D eigenvalue weighted by Crippen LogP contribution is 2.22. The lowest BCUT2D eigenvalue weighted by Crippen LogP contribution is -2.30. The molecule has 0 unspecified atom stereocenters. The highest BCUT2D eigenvalue weighted by atomic mass is 35.5. The minimum atomic E-state index is -0.333. The summed E-state index contributed by atoms with van der Waals surface area (Å²) in [5, 5.41) is 32.0. The van der Waals surface area contributed by atoms with Gasteiger partial charge in [-0.2, -0.15) is 15.8 Å². The van der Waals surface area contributed by atoms with E-state index in [0.29, 0.717) is 11.3 Å². The second-order valence-electron chi connectivity index (χ2n) is 4.53. The minimum Gasteiger partial charge on any atom is -0.350 e. The molecule has 1 aromatic carbocycles.